The number of quaternary nitrogens is 1. The molecule has 0 aromatic heterocycles. The van der Waals surface area contributed by atoms with Crippen LogP contribution in [0.2, 0.25) is 0 Å². The summed E-state index contributed by atoms with van der Waals surface area (Å²) in [5.74, 6) is -2.24. The number of hydrogen-bond acceptors (Lipinski definition) is 8. The van der Waals surface area contributed by atoms with Crippen molar-refractivity contribution < 1.29 is 42.9 Å². The Balaban J connectivity index is 3.90. The average molecular weight is 1420 g/mol. The van der Waals surface area contributed by atoms with Gasteiger partial charge >= 0.3 is 11.9 Å². The lowest BCUT2D eigenvalue weighted by Crippen LogP contribution is -2.44. The molecule has 0 aliphatic carbocycles. The van der Waals surface area contributed by atoms with Crippen LogP contribution in [-0.2, 0) is 33.3 Å². The van der Waals surface area contributed by atoms with Crippen LogP contribution in [0, 0.1) is 0 Å². The molecule has 0 aliphatic heterocycles. The Labute approximate surface area is 629 Å². The molecule has 0 saturated carbocycles. The van der Waals surface area contributed by atoms with Gasteiger partial charge in [-0.2, -0.15) is 0 Å². The number of carbonyl (C=O) groups is 3. The fourth-order valence-corrected chi connectivity index (χ4v) is 13.7. The maximum atomic E-state index is 13.0. The van der Waals surface area contributed by atoms with Crippen LogP contribution < -0.4 is 5.11 Å². The van der Waals surface area contributed by atoms with Gasteiger partial charge in [0.2, 0.25) is 0 Å². The van der Waals surface area contributed by atoms with Gasteiger partial charge in [-0.05, 0) is 77.0 Å². The number of unbranched alkanes of at least 4 members (excludes halogenated alkanes) is 62. The van der Waals surface area contributed by atoms with Crippen molar-refractivity contribution >= 4 is 17.9 Å². The number of rotatable bonds is 85. The normalized spacial score (nSPS) is 12.8. The van der Waals surface area contributed by atoms with Crippen LogP contribution in [0.15, 0.2) is 48.6 Å². The molecule has 0 amide bonds. The second-order valence-corrected chi connectivity index (χ2v) is 31.9. The summed E-state index contributed by atoms with van der Waals surface area (Å²) >= 11 is 0. The van der Waals surface area contributed by atoms with Gasteiger partial charge in [0.15, 0.2) is 12.4 Å². The molecule has 0 aromatic carbocycles. The minimum Gasteiger partial charge on any atom is -0.545 e. The Morgan fingerprint density at radius 1 is 0.297 bits per heavy atom. The van der Waals surface area contributed by atoms with E-state index in [-0.39, 0.29) is 32.2 Å². The first-order valence-corrected chi connectivity index (χ1v) is 44.8. The highest BCUT2D eigenvalue weighted by Crippen LogP contribution is 2.21. The molecule has 0 aromatic rings. The Kier molecular flexibility index (Phi) is 80.6. The van der Waals surface area contributed by atoms with Gasteiger partial charge in [-0.1, -0.05) is 422 Å². The fraction of sp³-hybridized carbons (Fsp3) is 0.880. The van der Waals surface area contributed by atoms with E-state index in [4.69, 9.17) is 18.9 Å². The van der Waals surface area contributed by atoms with Crippen molar-refractivity contribution in [3.63, 3.8) is 0 Å². The molecule has 0 aliphatic rings. The quantitative estimate of drug-likeness (QED) is 0.0195. The van der Waals surface area contributed by atoms with Crippen LogP contribution >= 0.6 is 0 Å². The maximum absolute atomic E-state index is 13.0. The number of allylic oxidation sites excluding steroid dienone is 8. The third-order valence-electron chi connectivity index (χ3n) is 20.5. The standard InChI is InChI=1S/C92H173NO8/c1-6-8-10-12-14-16-18-20-22-24-26-28-30-32-34-36-38-40-42-43-44-45-46-47-49-51-53-55-57-59-61-63-65-67-69-71-73-75-77-79-81-83-90(95)101-88(87-100-92(91(96)97)98-85-84-93(3,4)5)86-99-89(94)82-80-78-76-74-72-70-68-66-64-62-60-58-56-54-52-50-48-41-39-37-35-33-31-29-27-25-23-21-19-17-15-13-11-9-7-2/h18,20,24-27,30,32,88,92H,6-17,19,21-23,28-29,31,33-87H2,1-5H3/b20-18-,26-24-,27-25-,32-30-. The van der Waals surface area contributed by atoms with Crippen LogP contribution in [0.3, 0.4) is 0 Å². The number of aliphatic carboxylic acids is 1. The smallest absolute Gasteiger partial charge is 0.306 e. The van der Waals surface area contributed by atoms with Gasteiger partial charge in [0.05, 0.1) is 40.3 Å². The summed E-state index contributed by atoms with van der Waals surface area (Å²) in [5, 5.41) is 11.9. The fourth-order valence-electron chi connectivity index (χ4n) is 13.7. The first-order valence-electron chi connectivity index (χ1n) is 44.8. The molecule has 0 rings (SSSR count). The summed E-state index contributed by atoms with van der Waals surface area (Å²) in [5.41, 5.74) is 0. The number of likely N-dealkylation sites (N-methyl/N-ethyl adjacent to an activating group) is 1. The Bertz CT molecular complexity index is 1800. The van der Waals surface area contributed by atoms with Crippen molar-refractivity contribution in [2.45, 2.75) is 476 Å². The molecule has 0 heterocycles. The Morgan fingerprint density at radius 3 is 0.802 bits per heavy atom. The lowest BCUT2D eigenvalue weighted by Gasteiger charge is -2.26. The van der Waals surface area contributed by atoms with E-state index in [0.29, 0.717) is 17.4 Å². The topological polar surface area (TPSA) is 111 Å². The van der Waals surface area contributed by atoms with Gasteiger partial charge in [-0.25, -0.2) is 0 Å². The molecule has 0 bridgehead atoms. The van der Waals surface area contributed by atoms with Crippen LogP contribution in [0.25, 0.3) is 0 Å². The number of carbonyl (C=O) groups excluding carboxylic acids is 3. The number of ether oxygens (including phenoxy) is 4. The second-order valence-electron chi connectivity index (χ2n) is 31.9. The van der Waals surface area contributed by atoms with E-state index in [1.165, 1.54) is 385 Å². The molecule has 9 nitrogen and oxygen atoms in total. The van der Waals surface area contributed by atoms with Gasteiger partial charge in [0.25, 0.3) is 0 Å². The van der Waals surface area contributed by atoms with Gasteiger partial charge in [0.1, 0.15) is 13.2 Å². The Morgan fingerprint density at radius 2 is 0.535 bits per heavy atom. The summed E-state index contributed by atoms with van der Waals surface area (Å²) in [7, 11) is 5.96. The van der Waals surface area contributed by atoms with Crippen molar-refractivity contribution in [1.29, 1.82) is 0 Å². The zero-order valence-corrected chi connectivity index (χ0v) is 68.3. The highest BCUT2D eigenvalue weighted by molar-refractivity contribution is 5.70. The van der Waals surface area contributed by atoms with E-state index < -0.39 is 24.3 Å². The van der Waals surface area contributed by atoms with Gasteiger partial charge in [-0.3, -0.25) is 9.59 Å². The van der Waals surface area contributed by atoms with Crippen LogP contribution in [0.1, 0.15) is 463 Å². The number of carboxylic acids is 1. The molecule has 0 saturated heterocycles. The predicted molar refractivity (Wildman–Crippen MR) is 436 cm³/mol. The van der Waals surface area contributed by atoms with Crippen molar-refractivity contribution in [2.75, 3.05) is 47.5 Å². The molecule has 594 valence electrons. The molecule has 9 heteroatoms. The predicted octanol–water partition coefficient (Wildman–Crippen LogP) is 27.8. The molecule has 2 unspecified atom stereocenters. The third kappa shape index (κ3) is 84.4. The minimum atomic E-state index is -1.62. The summed E-state index contributed by atoms with van der Waals surface area (Å²) in [6.45, 7) is 4.82. The van der Waals surface area contributed by atoms with Gasteiger partial charge < -0.3 is 33.3 Å². The summed E-state index contributed by atoms with van der Waals surface area (Å²) in [6.07, 6.45) is 107. The lowest BCUT2D eigenvalue weighted by atomic mass is 10.0. The molecule has 0 fully saturated rings. The average Bonchev–Trinajstić information content (AvgIpc) is 1.21. The van der Waals surface area contributed by atoms with Gasteiger partial charge in [-0.15, -0.1) is 0 Å². The van der Waals surface area contributed by atoms with E-state index >= 15 is 0 Å². The number of esters is 2. The molecule has 0 spiro atoms. The Hall–Kier alpha value is -2.75. The molecule has 2 atom stereocenters. The first-order chi connectivity index (χ1) is 49.6. The van der Waals surface area contributed by atoms with E-state index in [1.807, 2.05) is 21.1 Å². The van der Waals surface area contributed by atoms with Crippen LogP contribution in [-0.4, -0.2) is 82.3 Å². The third-order valence-corrected chi connectivity index (χ3v) is 20.5. The maximum Gasteiger partial charge on any atom is 0.306 e. The largest absolute Gasteiger partial charge is 0.545 e. The second kappa shape index (κ2) is 82.9. The molecule has 0 radical (unpaired) electrons. The summed E-state index contributed by atoms with van der Waals surface area (Å²) in [6, 6.07) is 0. The first kappa shape index (κ1) is 98.2. The highest BCUT2D eigenvalue weighted by atomic mass is 16.7. The summed E-state index contributed by atoms with van der Waals surface area (Å²) < 4.78 is 22.9. The monoisotopic (exact) mass is 1420 g/mol. The van der Waals surface area contributed by atoms with Crippen molar-refractivity contribution in [2.24, 2.45) is 0 Å². The minimum absolute atomic E-state index is 0.151. The van der Waals surface area contributed by atoms with E-state index in [9.17, 15) is 19.5 Å². The zero-order valence-electron chi connectivity index (χ0n) is 68.3. The summed E-state index contributed by atoms with van der Waals surface area (Å²) in [4.78, 5) is 37.7. The van der Waals surface area contributed by atoms with Crippen LogP contribution in [0.4, 0.5) is 0 Å². The van der Waals surface area contributed by atoms with Crippen LogP contribution in [0.5, 0.6) is 0 Å². The SMILES string of the molecule is CCCCCCC/C=C\C/C=C\C/C=C\CCCCCCCCCCCCCCCCCCCCCCCCCCCCC(=O)OC(COC(=O)CCCCCCCCCCCCCCCCCCCCCCCCC/C=C\CCCCCCCCCC)COC(OCC[N+](C)(C)C)C(=O)[O-]. The number of nitrogens with zero attached hydrogens (tertiary/aromatic N) is 1. The van der Waals surface area contributed by atoms with E-state index in [2.05, 4.69) is 62.5 Å². The van der Waals surface area contributed by atoms with Crippen molar-refractivity contribution in [1.82, 2.24) is 0 Å². The highest BCUT2D eigenvalue weighted by Gasteiger charge is 2.22. The zero-order chi connectivity index (χ0) is 73.2. The number of hydrogen-bond donors (Lipinski definition) is 0. The van der Waals surface area contributed by atoms with Gasteiger partial charge in [0, 0.05) is 12.8 Å². The molecule has 101 heavy (non-hydrogen) atoms. The molecular weight excluding hydrogens is 1250 g/mol. The van der Waals surface area contributed by atoms with E-state index in [0.717, 1.165) is 51.4 Å². The number of carboxylic acid groups (broad SMARTS) is 1. The van der Waals surface area contributed by atoms with Crippen molar-refractivity contribution in [3.05, 3.63) is 48.6 Å². The van der Waals surface area contributed by atoms with E-state index in [1.54, 1.807) is 0 Å². The lowest BCUT2D eigenvalue weighted by molar-refractivity contribution is -0.870. The molecule has 0 N–H and O–H groups in total. The molecular formula is C92H173NO8. The van der Waals surface area contributed by atoms with Crippen molar-refractivity contribution in [3.8, 4) is 0 Å².